The maximum absolute atomic E-state index is 3.68. The molecular weight excluding hydrogens is 228 g/mol. The van der Waals surface area contributed by atoms with Crippen molar-refractivity contribution < 1.29 is 0 Å². The van der Waals surface area contributed by atoms with Crippen molar-refractivity contribution in [3.63, 3.8) is 0 Å². The first kappa shape index (κ1) is 11.7. The van der Waals surface area contributed by atoms with Crippen molar-refractivity contribution in [1.82, 2.24) is 10.2 Å². The van der Waals surface area contributed by atoms with Crippen molar-refractivity contribution in [2.24, 2.45) is 5.92 Å². The van der Waals surface area contributed by atoms with Gasteiger partial charge in [0.15, 0.2) is 0 Å². The monoisotopic (exact) mass is 250 g/mol. The number of thiophene rings is 1. The van der Waals surface area contributed by atoms with E-state index in [0.29, 0.717) is 6.04 Å². The minimum atomic E-state index is 0.594. The molecule has 0 radical (unpaired) electrons. The molecule has 0 bridgehead atoms. The minimum Gasteiger partial charge on any atom is -0.311 e. The summed E-state index contributed by atoms with van der Waals surface area (Å²) in [5.41, 5.74) is 0. The molecule has 3 heteroatoms. The van der Waals surface area contributed by atoms with Gasteiger partial charge in [-0.05, 0) is 44.7 Å². The highest BCUT2D eigenvalue weighted by atomic mass is 32.1. The van der Waals surface area contributed by atoms with Crippen LogP contribution >= 0.6 is 11.3 Å². The zero-order chi connectivity index (χ0) is 11.8. The molecule has 2 nitrogen and oxygen atoms in total. The third-order valence-electron chi connectivity index (χ3n) is 4.15. The fourth-order valence-corrected chi connectivity index (χ4v) is 3.79. The molecule has 2 heterocycles. The Morgan fingerprint density at radius 3 is 2.88 bits per heavy atom. The van der Waals surface area contributed by atoms with E-state index in [1.54, 1.807) is 0 Å². The lowest BCUT2D eigenvalue weighted by Crippen LogP contribution is -2.52. The molecule has 1 aromatic heterocycles. The number of piperazine rings is 1. The summed E-state index contributed by atoms with van der Waals surface area (Å²) < 4.78 is 0. The summed E-state index contributed by atoms with van der Waals surface area (Å²) in [7, 11) is 0. The molecule has 1 aliphatic heterocycles. The van der Waals surface area contributed by atoms with Gasteiger partial charge in [0.05, 0.1) is 0 Å². The zero-order valence-corrected chi connectivity index (χ0v) is 11.6. The maximum Gasteiger partial charge on any atom is 0.0414 e. The van der Waals surface area contributed by atoms with Crippen LogP contribution in [0.15, 0.2) is 12.1 Å². The normalized spacial score (nSPS) is 28.2. The highest BCUT2D eigenvalue weighted by Crippen LogP contribution is 2.35. The van der Waals surface area contributed by atoms with E-state index in [1.165, 1.54) is 35.7 Å². The molecule has 0 amide bonds. The van der Waals surface area contributed by atoms with Gasteiger partial charge in [-0.1, -0.05) is 0 Å². The van der Waals surface area contributed by atoms with Crippen molar-refractivity contribution in [2.75, 3.05) is 19.6 Å². The molecule has 2 aliphatic rings. The van der Waals surface area contributed by atoms with Crippen molar-refractivity contribution >= 4 is 11.3 Å². The lowest BCUT2D eigenvalue weighted by Gasteiger charge is -2.37. The molecule has 94 valence electrons. The quantitative estimate of drug-likeness (QED) is 0.887. The number of nitrogens with zero attached hydrogens (tertiary/aromatic N) is 1. The Morgan fingerprint density at radius 2 is 2.24 bits per heavy atom. The van der Waals surface area contributed by atoms with E-state index in [2.05, 4.69) is 36.2 Å². The number of hydrogen-bond acceptors (Lipinski definition) is 3. The molecule has 17 heavy (non-hydrogen) atoms. The summed E-state index contributed by atoms with van der Waals surface area (Å²) in [6.07, 6.45) is 2.88. The molecule has 1 N–H and O–H groups in total. The third kappa shape index (κ3) is 2.56. The molecule has 3 rings (SSSR count). The van der Waals surface area contributed by atoms with Crippen LogP contribution in [0.5, 0.6) is 0 Å². The first-order chi connectivity index (χ1) is 8.24. The van der Waals surface area contributed by atoms with Crippen molar-refractivity contribution in [1.29, 1.82) is 0 Å². The Bertz CT molecular complexity index is 383. The van der Waals surface area contributed by atoms with E-state index in [0.717, 1.165) is 18.5 Å². The summed E-state index contributed by atoms with van der Waals surface area (Å²) in [5.74, 6) is 0.968. The van der Waals surface area contributed by atoms with E-state index < -0.39 is 0 Å². The smallest absolute Gasteiger partial charge is 0.0414 e. The predicted molar refractivity (Wildman–Crippen MR) is 73.6 cm³/mol. The number of rotatable bonds is 3. The highest BCUT2D eigenvalue weighted by molar-refractivity contribution is 7.12. The van der Waals surface area contributed by atoms with Gasteiger partial charge in [-0.2, -0.15) is 0 Å². The highest BCUT2D eigenvalue weighted by Gasteiger charge is 2.35. The average Bonchev–Trinajstić information content (AvgIpc) is 3.11. The lowest BCUT2D eigenvalue weighted by atomic mass is 10.1. The lowest BCUT2D eigenvalue weighted by molar-refractivity contribution is 0.146. The predicted octanol–water partition coefficient (Wildman–Crippen LogP) is 2.80. The number of hydrogen-bond donors (Lipinski definition) is 1. The molecule has 2 fully saturated rings. The van der Waals surface area contributed by atoms with Crippen LogP contribution in [0.4, 0.5) is 0 Å². The van der Waals surface area contributed by atoms with Crippen molar-refractivity contribution in [2.45, 2.75) is 38.8 Å². The van der Waals surface area contributed by atoms with Gasteiger partial charge in [0.2, 0.25) is 0 Å². The Kier molecular flexibility index (Phi) is 3.24. The molecule has 2 atom stereocenters. The number of nitrogens with one attached hydrogen (secondary N) is 1. The minimum absolute atomic E-state index is 0.594. The van der Waals surface area contributed by atoms with E-state index in [4.69, 9.17) is 0 Å². The fraction of sp³-hybridized carbons (Fsp3) is 0.714. The van der Waals surface area contributed by atoms with Crippen LogP contribution in [0.1, 0.15) is 35.6 Å². The van der Waals surface area contributed by atoms with Gasteiger partial charge in [-0.3, -0.25) is 4.90 Å². The van der Waals surface area contributed by atoms with Crippen LogP contribution in [0.3, 0.4) is 0 Å². The van der Waals surface area contributed by atoms with Gasteiger partial charge in [0, 0.05) is 41.5 Å². The van der Waals surface area contributed by atoms with Crippen LogP contribution < -0.4 is 5.32 Å². The first-order valence-electron chi connectivity index (χ1n) is 6.78. The number of aryl methyl sites for hydroxylation is 1. The largest absolute Gasteiger partial charge is 0.311 e. The average molecular weight is 250 g/mol. The second-order valence-electron chi connectivity index (χ2n) is 5.52. The third-order valence-corrected chi connectivity index (χ3v) is 5.32. The Hall–Kier alpha value is -0.380. The molecule has 2 unspecified atom stereocenters. The van der Waals surface area contributed by atoms with E-state index in [9.17, 15) is 0 Å². The van der Waals surface area contributed by atoms with Crippen molar-refractivity contribution in [3.05, 3.63) is 21.9 Å². The molecule has 1 aliphatic carbocycles. The van der Waals surface area contributed by atoms with Gasteiger partial charge in [0.25, 0.3) is 0 Å². The molecule has 0 aromatic carbocycles. The maximum atomic E-state index is 3.68. The molecule has 0 spiro atoms. The summed E-state index contributed by atoms with van der Waals surface area (Å²) in [6, 6.07) is 5.90. The van der Waals surface area contributed by atoms with Crippen LogP contribution in [-0.2, 0) is 0 Å². The summed E-state index contributed by atoms with van der Waals surface area (Å²) in [5, 5.41) is 3.68. The van der Waals surface area contributed by atoms with E-state index in [1.807, 2.05) is 11.3 Å². The van der Waals surface area contributed by atoms with E-state index >= 15 is 0 Å². The van der Waals surface area contributed by atoms with Gasteiger partial charge in [-0.15, -0.1) is 11.3 Å². The first-order valence-corrected chi connectivity index (χ1v) is 7.59. The van der Waals surface area contributed by atoms with Gasteiger partial charge in [0.1, 0.15) is 0 Å². The molecular formula is C14H22N2S. The molecule has 1 aromatic rings. The Labute approximate surface area is 108 Å². The van der Waals surface area contributed by atoms with Crippen LogP contribution in [-0.4, -0.2) is 30.6 Å². The fourth-order valence-electron chi connectivity index (χ4n) is 2.83. The Morgan fingerprint density at radius 1 is 1.41 bits per heavy atom. The molecule has 1 saturated carbocycles. The molecule has 1 saturated heterocycles. The Balaban J connectivity index is 1.66. The summed E-state index contributed by atoms with van der Waals surface area (Å²) >= 11 is 1.95. The summed E-state index contributed by atoms with van der Waals surface area (Å²) in [6.45, 7) is 8.16. The van der Waals surface area contributed by atoms with E-state index in [-0.39, 0.29) is 0 Å². The summed E-state index contributed by atoms with van der Waals surface area (Å²) in [4.78, 5) is 5.62. The van der Waals surface area contributed by atoms with Gasteiger partial charge < -0.3 is 5.32 Å². The van der Waals surface area contributed by atoms with Gasteiger partial charge in [-0.25, -0.2) is 0 Å². The SMILES string of the molecule is Cc1ccc(C(C)N2CCNC(C3CC3)C2)s1. The van der Waals surface area contributed by atoms with Crippen LogP contribution in [0.2, 0.25) is 0 Å². The second kappa shape index (κ2) is 4.71. The van der Waals surface area contributed by atoms with Crippen molar-refractivity contribution in [3.8, 4) is 0 Å². The standard InChI is InChI=1S/C14H22N2S/c1-10-3-6-14(17-10)11(2)16-8-7-15-13(9-16)12-4-5-12/h3,6,11-13,15H,4-5,7-9H2,1-2H3. The van der Waals surface area contributed by atoms with Crippen LogP contribution in [0.25, 0.3) is 0 Å². The topological polar surface area (TPSA) is 15.3 Å². The zero-order valence-electron chi connectivity index (χ0n) is 10.8. The second-order valence-corrected chi connectivity index (χ2v) is 6.84. The van der Waals surface area contributed by atoms with Crippen LogP contribution in [0, 0.1) is 12.8 Å². The van der Waals surface area contributed by atoms with Gasteiger partial charge >= 0.3 is 0 Å².